The normalized spacial score (nSPS) is 12.5. The van der Waals surface area contributed by atoms with E-state index in [-0.39, 0.29) is 5.75 Å². The van der Waals surface area contributed by atoms with Gasteiger partial charge in [-0.2, -0.15) is 18.3 Å². The average Bonchev–Trinajstić information content (AvgIpc) is 2.72. The first-order valence-electron chi connectivity index (χ1n) is 9.21. The zero-order valence-electron chi connectivity index (χ0n) is 16.8. The molecule has 2 aromatic carbocycles. The number of alkyl halides is 3. The first-order valence-corrected chi connectivity index (χ1v) is 9.21. The van der Waals surface area contributed by atoms with Crippen molar-refractivity contribution >= 4 is 0 Å². The second kappa shape index (κ2) is 8.71. The molecular formula is C22H22F3N3O2. The van der Waals surface area contributed by atoms with Gasteiger partial charge in [0.25, 0.3) is 0 Å². The van der Waals surface area contributed by atoms with E-state index in [1.807, 2.05) is 31.2 Å². The van der Waals surface area contributed by atoms with Crippen molar-refractivity contribution in [2.45, 2.75) is 25.6 Å². The fraction of sp³-hybridized carbons (Fsp3) is 0.273. The van der Waals surface area contributed by atoms with E-state index in [0.717, 1.165) is 29.0 Å². The molecule has 30 heavy (non-hydrogen) atoms. The molecule has 5 nitrogen and oxygen atoms in total. The third kappa shape index (κ3) is 4.71. The zero-order chi connectivity index (χ0) is 21.9. The van der Waals surface area contributed by atoms with Crippen LogP contribution in [-0.2, 0) is 12.6 Å². The van der Waals surface area contributed by atoms with Crippen molar-refractivity contribution in [1.82, 2.24) is 10.2 Å². The van der Waals surface area contributed by atoms with Crippen molar-refractivity contribution in [2.75, 3.05) is 14.2 Å². The van der Waals surface area contributed by atoms with E-state index in [1.54, 1.807) is 13.2 Å². The molecule has 0 fully saturated rings. The van der Waals surface area contributed by atoms with E-state index in [2.05, 4.69) is 10.2 Å². The maximum absolute atomic E-state index is 13.0. The van der Waals surface area contributed by atoms with Crippen molar-refractivity contribution < 1.29 is 22.6 Å². The molecule has 1 atom stereocenters. The van der Waals surface area contributed by atoms with Crippen LogP contribution in [0.25, 0.3) is 11.3 Å². The molecular weight excluding hydrogens is 395 g/mol. The first-order chi connectivity index (χ1) is 14.2. The summed E-state index contributed by atoms with van der Waals surface area (Å²) in [5.41, 5.74) is 8.72. The quantitative estimate of drug-likeness (QED) is 0.628. The van der Waals surface area contributed by atoms with Crippen molar-refractivity contribution in [2.24, 2.45) is 5.73 Å². The summed E-state index contributed by atoms with van der Waals surface area (Å²) >= 11 is 0. The second-order valence-corrected chi connectivity index (χ2v) is 6.88. The molecule has 0 aliphatic heterocycles. The summed E-state index contributed by atoms with van der Waals surface area (Å²) in [4.78, 5) is 0. The summed E-state index contributed by atoms with van der Waals surface area (Å²) < 4.78 is 49.3. The largest absolute Gasteiger partial charge is 0.497 e. The molecule has 3 aromatic rings. The van der Waals surface area contributed by atoms with Gasteiger partial charge in [0.2, 0.25) is 0 Å². The Labute approximate surface area is 172 Å². The number of nitrogens with zero attached hydrogens (tertiary/aromatic N) is 2. The number of halogens is 3. The van der Waals surface area contributed by atoms with E-state index in [4.69, 9.17) is 15.2 Å². The molecule has 0 amide bonds. The monoisotopic (exact) mass is 417 g/mol. The molecule has 8 heteroatoms. The molecule has 0 aliphatic carbocycles. The van der Waals surface area contributed by atoms with E-state index >= 15 is 0 Å². The summed E-state index contributed by atoms with van der Waals surface area (Å²) in [6.07, 6.45) is -3.92. The van der Waals surface area contributed by atoms with Gasteiger partial charge in [0.1, 0.15) is 11.5 Å². The van der Waals surface area contributed by atoms with E-state index in [9.17, 15) is 13.2 Å². The van der Waals surface area contributed by atoms with Crippen LogP contribution in [0.4, 0.5) is 13.2 Å². The van der Waals surface area contributed by atoms with E-state index in [0.29, 0.717) is 23.4 Å². The van der Waals surface area contributed by atoms with Crippen molar-refractivity contribution in [3.8, 4) is 22.8 Å². The summed E-state index contributed by atoms with van der Waals surface area (Å²) in [5, 5.41) is 8.45. The predicted molar refractivity (Wildman–Crippen MR) is 107 cm³/mol. The molecule has 0 bridgehead atoms. The smallest absolute Gasteiger partial charge is 0.416 e. The molecule has 3 rings (SSSR count). The van der Waals surface area contributed by atoms with Crippen LogP contribution in [0.15, 0.2) is 48.5 Å². The van der Waals surface area contributed by atoms with Crippen LogP contribution >= 0.6 is 0 Å². The minimum atomic E-state index is -4.46. The van der Waals surface area contributed by atoms with Gasteiger partial charge in [-0.05, 0) is 60.9 Å². The third-order valence-electron chi connectivity index (χ3n) is 4.76. The van der Waals surface area contributed by atoms with Gasteiger partial charge in [0.15, 0.2) is 0 Å². The van der Waals surface area contributed by atoms with Gasteiger partial charge in [-0.25, -0.2) is 0 Å². The van der Waals surface area contributed by atoms with E-state index in [1.165, 1.54) is 13.2 Å². The highest BCUT2D eigenvalue weighted by molar-refractivity contribution is 5.70. The van der Waals surface area contributed by atoms with Gasteiger partial charge in [-0.3, -0.25) is 0 Å². The van der Waals surface area contributed by atoms with Gasteiger partial charge in [-0.1, -0.05) is 12.1 Å². The lowest BCUT2D eigenvalue weighted by molar-refractivity contribution is -0.137. The molecule has 2 N–H and O–H groups in total. The third-order valence-corrected chi connectivity index (χ3v) is 4.76. The van der Waals surface area contributed by atoms with Crippen molar-refractivity contribution in [1.29, 1.82) is 0 Å². The molecule has 0 saturated heterocycles. The molecule has 0 aliphatic rings. The average molecular weight is 417 g/mol. The number of benzene rings is 2. The Kier molecular flexibility index (Phi) is 6.26. The number of rotatable bonds is 6. The maximum Gasteiger partial charge on any atom is 0.416 e. The van der Waals surface area contributed by atoms with Gasteiger partial charge in [0.05, 0.1) is 37.2 Å². The summed E-state index contributed by atoms with van der Waals surface area (Å²) in [5.74, 6) is 0.822. The predicted octanol–water partition coefficient (Wildman–Crippen LogP) is 4.73. The number of nitrogens with two attached hydrogens (primary N) is 1. The Hall–Kier alpha value is -3.13. The van der Waals surface area contributed by atoms with Crippen LogP contribution in [0.2, 0.25) is 0 Å². The molecule has 0 spiro atoms. The Bertz CT molecular complexity index is 1040. The number of methoxy groups -OCH3 is 2. The second-order valence-electron chi connectivity index (χ2n) is 6.88. The lowest BCUT2D eigenvalue weighted by Gasteiger charge is -2.15. The minimum Gasteiger partial charge on any atom is -0.497 e. The highest BCUT2D eigenvalue weighted by Crippen LogP contribution is 2.37. The maximum atomic E-state index is 13.0. The highest BCUT2D eigenvalue weighted by atomic mass is 19.4. The van der Waals surface area contributed by atoms with Crippen molar-refractivity contribution in [3.63, 3.8) is 0 Å². The topological polar surface area (TPSA) is 70.3 Å². The molecule has 1 aromatic heterocycles. The first kappa shape index (κ1) is 21.6. The highest BCUT2D eigenvalue weighted by Gasteiger charge is 2.31. The Morgan fingerprint density at radius 2 is 1.77 bits per heavy atom. The number of aromatic nitrogens is 2. The summed E-state index contributed by atoms with van der Waals surface area (Å²) in [6, 6.07) is 12.3. The van der Waals surface area contributed by atoms with Gasteiger partial charge >= 0.3 is 6.18 Å². The van der Waals surface area contributed by atoms with E-state index < -0.39 is 17.8 Å². The van der Waals surface area contributed by atoms with Crippen LogP contribution in [0.1, 0.15) is 28.4 Å². The summed E-state index contributed by atoms with van der Waals surface area (Å²) in [7, 11) is 2.92. The number of aryl methyl sites for hydroxylation is 1. The van der Waals surface area contributed by atoms with Crippen LogP contribution in [0.3, 0.4) is 0 Å². The fourth-order valence-electron chi connectivity index (χ4n) is 3.17. The Balaban J connectivity index is 1.88. The van der Waals surface area contributed by atoms with Crippen LogP contribution in [0, 0.1) is 6.92 Å². The molecule has 1 heterocycles. The molecule has 0 radical (unpaired) electrons. The minimum absolute atomic E-state index is 0.0793. The van der Waals surface area contributed by atoms with Crippen LogP contribution < -0.4 is 15.2 Å². The standard InChI is InChI=1S/C22H22F3N3O2/c1-13-9-19(18(26)11-14-5-4-6-16(10-14)29-2)27-28-21(13)17-8-7-15(22(23,24)25)12-20(17)30-3/h4-10,12,18H,11,26H2,1-3H3. The van der Waals surface area contributed by atoms with Gasteiger partial charge in [-0.15, -0.1) is 5.10 Å². The van der Waals surface area contributed by atoms with Crippen LogP contribution in [-0.4, -0.2) is 24.4 Å². The van der Waals surface area contributed by atoms with Gasteiger partial charge in [0, 0.05) is 5.56 Å². The number of hydrogen-bond donors (Lipinski definition) is 1. The molecule has 158 valence electrons. The van der Waals surface area contributed by atoms with Crippen molar-refractivity contribution in [3.05, 3.63) is 70.9 Å². The number of ether oxygens (including phenoxy) is 2. The number of hydrogen-bond acceptors (Lipinski definition) is 5. The lowest BCUT2D eigenvalue weighted by atomic mass is 10.00. The Morgan fingerprint density at radius 3 is 2.40 bits per heavy atom. The SMILES string of the molecule is COc1cccc(CC(N)c2cc(C)c(-c3ccc(C(F)(F)F)cc3OC)nn2)c1. The molecule has 0 saturated carbocycles. The lowest BCUT2D eigenvalue weighted by Crippen LogP contribution is -2.16. The van der Waals surface area contributed by atoms with Crippen LogP contribution in [0.5, 0.6) is 11.5 Å². The Morgan fingerprint density at radius 1 is 1.00 bits per heavy atom. The molecule has 1 unspecified atom stereocenters. The fourth-order valence-corrected chi connectivity index (χ4v) is 3.17. The summed E-state index contributed by atoms with van der Waals surface area (Å²) in [6.45, 7) is 1.81. The zero-order valence-corrected chi connectivity index (χ0v) is 16.8. The van der Waals surface area contributed by atoms with Gasteiger partial charge < -0.3 is 15.2 Å².